The average molecular weight is 1190 g/mol. The lowest BCUT2D eigenvalue weighted by Crippen LogP contribution is -1.97. The molecule has 0 saturated carbocycles. The van der Waals surface area contributed by atoms with Crippen LogP contribution in [0.4, 0.5) is 0 Å². The van der Waals surface area contributed by atoms with Crippen molar-refractivity contribution in [2.24, 2.45) is 0 Å². The minimum Gasteiger partial charge on any atom is -0.494 e. The molecular weight excluding hydrogens is 1090 g/mol. The summed E-state index contributed by atoms with van der Waals surface area (Å²) in [4.78, 5) is 39.4. The van der Waals surface area contributed by atoms with Crippen molar-refractivity contribution in [3.63, 3.8) is 0 Å². The van der Waals surface area contributed by atoms with Gasteiger partial charge in [-0.25, -0.2) is 29.9 Å². The van der Waals surface area contributed by atoms with Crippen molar-refractivity contribution >= 4 is 44.1 Å². The van der Waals surface area contributed by atoms with Gasteiger partial charge in [0.05, 0.1) is 26.4 Å². The minimum absolute atomic E-state index is 0.516. The average Bonchev–Trinajstić information content (AvgIpc) is 2.92. The zero-order valence-electron chi connectivity index (χ0n) is 52.8. The number of unbranched alkanes of at least 4 members (excludes halogenated alkanes) is 28. The van der Waals surface area contributed by atoms with Gasteiger partial charge in [0.1, 0.15) is 45.6 Å². The van der Waals surface area contributed by atoms with E-state index in [0.717, 1.165) is 144 Å². The van der Waals surface area contributed by atoms with Gasteiger partial charge >= 0.3 is 0 Å². The second-order valence-corrected chi connectivity index (χ2v) is 24.0. The molecule has 0 unspecified atom stereocenters. The summed E-state index contributed by atoms with van der Waals surface area (Å²) < 4.78 is 25.9. The van der Waals surface area contributed by atoms with Crippen molar-refractivity contribution in [2.45, 2.75) is 205 Å². The maximum Gasteiger partial charge on any atom is 0.164 e. The van der Waals surface area contributed by atoms with Crippen molar-refractivity contribution in [1.82, 2.24) is 39.9 Å². The smallest absolute Gasteiger partial charge is 0.164 e. The molecule has 0 aliphatic carbocycles. The monoisotopic (exact) mass is 1190 g/mol. The molecule has 88 heavy (non-hydrogen) atoms. The first-order valence-corrected chi connectivity index (χ1v) is 33.9. The Hall–Kier alpha value is -7.60. The zero-order valence-corrected chi connectivity index (χ0v) is 52.8. The highest BCUT2D eigenvalue weighted by Gasteiger charge is 2.24. The summed E-state index contributed by atoms with van der Waals surface area (Å²) in [6, 6.07) is 24.7. The molecular formula is C76H98N8O4. The van der Waals surface area contributed by atoms with Crippen LogP contribution in [0.15, 0.2) is 123 Å². The Morgan fingerprint density at radius 2 is 0.511 bits per heavy atom. The molecule has 12 nitrogen and oxygen atoms in total. The number of H-pyrrole nitrogens is 2. The van der Waals surface area contributed by atoms with Gasteiger partial charge in [-0.15, -0.1) is 26.3 Å². The fourth-order valence-electron chi connectivity index (χ4n) is 11.9. The Morgan fingerprint density at radius 1 is 0.261 bits per heavy atom. The fraction of sp³-hybridized carbons (Fsp3) is 0.474. The maximum atomic E-state index is 6.49. The Balaban J connectivity index is 1.07. The van der Waals surface area contributed by atoms with Crippen LogP contribution in [-0.4, -0.2) is 66.3 Å². The Bertz CT molecular complexity index is 3530. The molecule has 3 aromatic heterocycles. The summed E-state index contributed by atoms with van der Waals surface area (Å²) in [5, 5.41) is 3.48. The fourth-order valence-corrected chi connectivity index (χ4v) is 11.9. The Kier molecular flexibility index (Phi) is 26.5. The SMILES string of the molecule is C=CCCCCCCCCCOc1ccc2c(c1)-c1nc-2nc2[nH]c(nc3nc(nc4[nH]c(n1)c1ccc(OCCCCCCCCCC=C)cc41)-c1cc(OCCCCCCCCCC=C)ccc1-3)c1ccc(OCCCCCCCCCC=C)cc21. The number of aromatic nitrogens is 8. The largest absolute Gasteiger partial charge is 0.494 e. The second-order valence-electron chi connectivity index (χ2n) is 24.0. The van der Waals surface area contributed by atoms with E-state index in [9.17, 15) is 0 Å². The van der Waals surface area contributed by atoms with Crippen molar-refractivity contribution in [3.8, 4) is 68.5 Å². The predicted molar refractivity (Wildman–Crippen MR) is 367 cm³/mol. The van der Waals surface area contributed by atoms with E-state index in [4.69, 9.17) is 48.9 Å². The van der Waals surface area contributed by atoms with Gasteiger partial charge in [0.15, 0.2) is 23.3 Å². The summed E-state index contributed by atoms with van der Waals surface area (Å²) >= 11 is 0. The van der Waals surface area contributed by atoms with Crippen LogP contribution in [-0.2, 0) is 0 Å². The van der Waals surface area contributed by atoms with Gasteiger partial charge in [-0.3, -0.25) is 0 Å². The summed E-state index contributed by atoms with van der Waals surface area (Å²) in [5.41, 5.74) is 5.82. The lowest BCUT2D eigenvalue weighted by Gasteiger charge is -2.08. The summed E-state index contributed by atoms with van der Waals surface area (Å²) in [6.45, 7) is 18.0. The third-order valence-corrected chi connectivity index (χ3v) is 17.0. The molecule has 2 N–H and O–H groups in total. The van der Waals surface area contributed by atoms with Crippen LogP contribution in [0, 0.1) is 0 Å². The van der Waals surface area contributed by atoms with Crippen molar-refractivity contribution in [3.05, 3.63) is 123 Å². The lowest BCUT2D eigenvalue weighted by molar-refractivity contribution is 0.304. The second kappa shape index (κ2) is 36.0. The molecule has 0 spiro atoms. The third kappa shape index (κ3) is 19.2. The van der Waals surface area contributed by atoms with E-state index in [-0.39, 0.29) is 0 Å². The van der Waals surface area contributed by atoms with E-state index in [1.54, 1.807) is 0 Å². The third-order valence-electron chi connectivity index (χ3n) is 17.0. The molecule has 7 aromatic rings. The minimum atomic E-state index is 0.516. The molecule has 4 aromatic carbocycles. The van der Waals surface area contributed by atoms with Gasteiger partial charge in [0.2, 0.25) is 0 Å². The molecule has 0 amide bonds. The first-order chi connectivity index (χ1) is 43.5. The molecule has 8 bridgehead atoms. The molecule has 9 rings (SSSR count). The standard InChI is InChI=1S/C76H98N8O4/c1-5-9-13-17-21-25-29-33-37-49-85-57-41-45-61-65(53-57)73-78-69(61)77-70-62-46-42-59(87-51-39-35-31-27-23-19-15-11-7-3)55-67(62)75(79-70)84-76-68-56-60(88-52-40-36-32-28-24-20-16-12-8-4)44-48-64(68)72(83-76)82-74-66-54-58(43-47-63(66)71(80-73)81-74)86-50-38-34-30-26-22-18-14-10-6-2/h5-8,41-48,53-56H,1-4,9-40,49-52H2,(H2,77,78,79,80,81,82,83,84). The summed E-state index contributed by atoms with van der Waals surface area (Å²) in [5.74, 6) is 5.18. The van der Waals surface area contributed by atoms with E-state index in [1.165, 1.54) is 128 Å². The summed E-state index contributed by atoms with van der Waals surface area (Å²) in [7, 11) is 0. The highest BCUT2D eigenvalue weighted by molar-refractivity contribution is 6.07. The van der Waals surface area contributed by atoms with Crippen molar-refractivity contribution in [2.75, 3.05) is 26.4 Å². The first kappa shape index (κ1) is 64.9. The Labute approximate surface area is 524 Å². The van der Waals surface area contributed by atoms with E-state index in [0.29, 0.717) is 72.3 Å². The lowest BCUT2D eigenvalue weighted by atomic mass is 10.1. The molecule has 0 radical (unpaired) electrons. The van der Waals surface area contributed by atoms with Gasteiger partial charge in [-0.1, -0.05) is 153 Å². The molecule has 0 fully saturated rings. The van der Waals surface area contributed by atoms with Crippen LogP contribution in [0.2, 0.25) is 0 Å². The van der Waals surface area contributed by atoms with E-state index < -0.39 is 0 Å². The van der Waals surface area contributed by atoms with Crippen LogP contribution in [0.25, 0.3) is 89.7 Å². The topological polar surface area (TPSA) is 146 Å². The van der Waals surface area contributed by atoms with Crippen LogP contribution in [0.5, 0.6) is 23.0 Å². The molecule has 0 saturated heterocycles. The van der Waals surface area contributed by atoms with Crippen molar-refractivity contribution < 1.29 is 18.9 Å². The number of ether oxygens (including phenoxy) is 4. The number of nitrogens with zero attached hydrogens (tertiary/aromatic N) is 6. The van der Waals surface area contributed by atoms with E-state index in [2.05, 4.69) is 84.8 Å². The number of fused-ring (bicyclic) bond motifs is 20. The zero-order chi connectivity index (χ0) is 60.8. The van der Waals surface area contributed by atoms with E-state index in [1.807, 2.05) is 48.6 Å². The van der Waals surface area contributed by atoms with Crippen LogP contribution in [0.1, 0.15) is 205 Å². The van der Waals surface area contributed by atoms with Gasteiger partial charge in [-0.05, 0) is 150 Å². The predicted octanol–water partition coefficient (Wildman–Crippen LogP) is 21.6. The number of allylic oxidation sites excluding steroid dienone is 4. The van der Waals surface area contributed by atoms with E-state index >= 15 is 0 Å². The van der Waals surface area contributed by atoms with Gasteiger partial charge in [-0.2, -0.15) is 0 Å². The number of hydrogen-bond acceptors (Lipinski definition) is 10. The highest BCUT2D eigenvalue weighted by atomic mass is 16.5. The van der Waals surface area contributed by atoms with Crippen LogP contribution < -0.4 is 18.9 Å². The number of hydrogen-bond donors (Lipinski definition) is 2. The quantitative estimate of drug-likeness (QED) is 0.0280. The van der Waals surface area contributed by atoms with Crippen LogP contribution >= 0.6 is 0 Å². The molecule has 2 aliphatic rings. The van der Waals surface area contributed by atoms with Gasteiger partial charge in [0, 0.05) is 43.8 Å². The number of aromatic amines is 2. The van der Waals surface area contributed by atoms with Gasteiger partial charge < -0.3 is 28.9 Å². The number of rotatable bonds is 44. The summed E-state index contributed by atoms with van der Waals surface area (Å²) in [6.07, 6.45) is 45.8. The molecule has 466 valence electrons. The molecule has 2 aliphatic heterocycles. The van der Waals surface area contributed by atoms with Crippen LogP contribution in [0.3, 0.4) is 0 Å². The number of benzene rings is 4. The first-order valence-electron chi connectivity index (χ1n) is 33.9. The number of nitrogens with one attached hydrogen (secondary N) is 2. The normalized spacial score (nSPS) is 11.6. The molecule has 12 heteroatoms. The Morgan fingerprint density at radius 3 is 0.818 bits per heavy atom. The molecule has 0 atom stereocenters. The van der Waals surface area contributed by atoms with Crippen molar-refractivity contribution in [1.29, 1.82) is 0 Å². The van der Waals surface area contributed by atoms with Gasteiger partial charge in [0.25, 0.3) is 0 Å². The molecule has 5 heterocycles. The maximum absolute atomic E-state index is 6.49. The highest BCUT2D eigenvalue weighted by Crippen LogP contribution is 2.40.